The third-order valence-corrected chi connectivity index (χ3v) is 3.34. The lowest BCUT2D eigenvalue weighted by atomic mass is 10.2. The second-order valence-corrected chi connectivity index (χ2v) is 5.17. The van der Waals surface area contributed by atoms with E-state index in [0.29, 0.717) is 6.04 Å². The minimum absolute atomic E-state index is 0.536. The summed E-state index contributed by atoms with van der Waals surface area (Å²) in [5.74, 6) is 0. The van der Waals surface area contributed by atoms with Gasteiger partial charge in [0.05, 0.1) is 0 Å². The van der Waals surface area contributed by atoms with Crippen LogP contribution in [0, 0.1) is 0 Å². The summed E-state index contributed by atoms with van der Waals surface area (Å²) < 4.78 is 0. The molecule has 1 aromatic heterocycles. The van der Waals surface area contributed by atoms with Crippen LogP contribution in [0.3, 0.4) is 0 Å². The Balaban J connectivity index is 2.22. The van der Waals surface area contributed by atoms with Gasteiger partial charge >= 0.3 is 0 Å². The molecule has 0 saturated carbocycles. The first-order valence-corrected chi connectivity index (χ1v) is 6.17. The zero-order valence-corrected chi connectivity index (χ0v) is 10.6. The van der Waals surface area contributed by atoms with Crippen molar-refractivity contribution in [2.24, 2.45) is 0 Å². The standard InChI is InChI=1S/C11H21N3S/c1-9(4-6-14(2)3)13-8-11-10(12)5-7-15-11/h5,7,9,13H,4,6,8,12H2,1-3H3. The van der Waals surface area contributed by atoms with Gasteiger partial charge in [0.25, 0.3) is 0 Å². The Morgan fingerprint density at radius 3 is 2.80 bits per heavy atom. The number of rotatable bonds is 6. The average molecular weight is 227 g/mol. The van der Waals surface area contributed by atoms with Gasteiger partial charge in [-0.1, -0.05) is 0 Å². The van der Waals surface area contributed by atoms with Gasteiger partial charge in [-0.3, -0.25) is 0 Å². The molecule has 1 atom stereocenters. The molecule has 3 N–H and O–H groups in total. The highest BCUT2D eigenvalue weighted by atomic mass is 32.1. The number of nitrogens with one attached hydrogen (secondary N) is 1. The van der Waals surface area contributed by atoms with E-state index < -0.39 is 0 Å². The van der Waals surface area contributed by atoms with Crippen LogP contribution in [0.2, 0.25) is 0 Å². The first kappa shape index (κ1) is 12.5. The predicted octanol–water partition coefficient (Wildman–Crippen LogP) is 1.76. The zero-order valence-electron chi connectivity index (χ0n) is 9.79. The zero-order chi connectivity index (χ0) is 11.3. The van der Waals surface area contributed by atoms with Crippen LogP contribution < -0.4 is 11.1 Å². The van der Waals surface area contributed by atoms with E-state index in [9.17, 15) is 0 Å². The number of hydrogen-bond acceptors (Lipinski definition) is 4. The van der Waals surface area contributed by atoms with Crippen molar-refractivity contribution >= 4 is 17.0 Å². The summed E-state index contributed by atoms with van der Waals surface area (Å²) in [4.78, 5) is 3.45. The van der Waals surface area contributed by atoms with Gasteiger partial charge in [0, 0.05) is 23.2 Å². The number of nitrogens with zero attached hydrogens (tertiary/aromatic N) is 1. The molecule has 4 heteroatoms. The van der Waals surface area contributed by atoms with E-state index in [4.69, 9.17) is 5.73 Å². The van der Waals surface area contributed by atoms with Crippen LogP contribution in [0.1, 0.15) is 18.2 Å². The topological polar surface area (TPSA) is 41.3 Å². The van der Waals surface area contributed by atoms with Crippen molar-refractivity contribution in [3.05, 3.63) is 16.3 Å². The fraction of sp³-hybridized carbons (Fsp3) is 0.636. The molecule has 0 aliphatic heterocycles. The molecule has 0 fully saturated rings. The Kier molecular flexibility index (Phi) is 5.08. The van der Waals surface area contributed by atoms with Crippen LogP contribution in [0.25, 0.3) is 0 Å². The summed E-state index contributed by atoms with van der Waals surface area (Å²) in [6.07, 6.45) is 1.16. The Morgan fingerprint density at radius 2 is 2.27 bits per heavy atom. The van der Waals surface area contributed by atoms with Gasteiger partial charge in [0.1, 0.15) is 0 Å². The lowest BCUT2D eigenvalue weighted by Gasteiger charge is -2.16. The van der Waals surface area contributed by atoms with Crippen molar-refractivity contribution in [1.29, 1.82) is 0 Å². The third-order valence-electron chi connectivity index (χ3n) is 2.40. The van der Waals surface area contributed by atoms with Gasteiger partial charge < -0.3 is 16.0 Å². The molecule has 1 heterocycles. The minimum Gasteiger partial charge on any atom is -0.398 e. The summed E-state index contributed by atoms with van der Waals surface area (Å²) >= 11 is 1.72. The quantitative estimate of drug-likeness (QED) is 0.778. The fourth-order valence-corrected chi connectivity index (χ4v) is 2.06. The van der Waals surface area contributed by atoms with Gasteiger partial charge in [0.15, 0.2) is 0 Å². The number of hydrogen-bond donors (Lipinski definition) is 2. The molecule has 0 amide bonds. The van der Waals surface area contributed by atoms with Crippen molar-refractivity contribution < 1.29 is 0 Å². The predicted molar refractivity (Wildman–Crippen MR) is 68.2 cm³/mol. The highest BCUT2D eigenvalue weighted by Gasteiger charge is 2.04. The largest absolute Gasteiger partial charge is 0.398 e. The molecule has 1 rings (SSSR count). The molecule has 0 aliphatic carbocycles. The molecule has 0 bridgehead atoms. The maximum absolute atomic E-state index is 5.81. The molecule has 1 unspecified atom stereocenters. The number of nitrogens with two attached hydrogens (primary N) is 1. The maximum atomic E-state index is 5.81. The number of anilines is 1. The van der Waals surface area contributed by atoms with Gasteiger partial charge in [-0.15, -0.1) is 11.3 Å². The van der Waals surface area contributed by atoms with Gasteiger partial charge in [-0.05, 0) is 45.4 Å². The van der Waals surface area contributed by atoms with Crippen molar-refractivity contribution in [1.82, 2.24) is 10.2 Å². The van der Waals surface area contributed by atoms with Gasteiger partial charge in [-0.25, -0.2) is 0 Å². The lowest BCUT2D eigenvalue weighted by molar-refractivity contribution is 0.366. The van der Waals surface area contributed by atoms with Gasteiger partial charge in [0.2, 0.25) is 0 Å². The SMILES string of the molecule is CC(CCN(C)C)NCc1sccc1N. The smallest absolute Gasteiger partial charge is 0.0468 e. The van der Waals surface area contributed by atoms with E-state index in [1.807, 2.05) is 11.4 Å². The fourth-order valence-electron chi connectivity index (χ4n) is 1.32. The van der Waals surface area contributed by atoms with Crippen molar-refractivity contribution in [2.75, 3.05) is 26.4 Å². The van der Waals surface area contributed by atoms with E-state index in [1.165, 1.54) is 4.88 Å². The number of nitrogen functional groups attached to an aromatic ring is 1. The highest BCUT2D eigenvalue weighted by molar-refractivity contribution is 7.10. The molecule has 15 heavy (non-hydrogen) atoms. The van der Waals surface area contributed by atoms with Gasteiger partial charge in [-0.2, -0.15) is 0 Å². The molecular weight excluding hydrogens is 206 g/mol. The van der Waals surface area contributed by atoms with E-state index in [-0.39, 0.29) is 0 Å². The molecule has 0 aliphatic rings. The molecule has 1 aromatic rings. The molecule has 0 aromatic carbocycles. The van der Waals surface area contributed by atoms with Crippen LogP contribution in [0.5, 0.6) is 0 Å². The second kappa shape index (κ2) is 6.10. The first-order chi connectivity index (χ1) is 7.09. The summed E-state index contributed by atoms with van der Waals surface area (Å²) in [7, 11) is 4.20. The van der Waals surface area contributed by atoms with Crippen LogP contribution in [0.4, 0.5) is 5.69 Å². The van der Waals surface area contributed by atoms with Crippen LogP contribution in [0.15, 0.2) is 11.4 Å². The summed E-state index contributed by atoms with van der Waals surface area (Å²) in [5, 5.41) is 5.52. The molecular formula is C11H21N3S. The van der Waals surface area contributed by atoms with E-state index in [0.717, 1.165) is 25.2 Å². The Labute approximate surface area is 96.3 Å². The van der Waals surface area contributed by atoms with Crippen LogP contribution in [-0.2, 0) is 6.54 Å². The maximum Gasteiger partial charge on any atom is 0.0468 e. The minimum atomic E-state index is 0.536. The summed E-state index contributed by atoms with van der Waals surface area (Å²) in [6.45, 7) is 4.22. The molecule has 0 saturated heterocycles. The Bertz CT molecular complexity index is 283. The van der Waals surface area contributed by atoms with Crippen molar-refractivity contribution in [2.45, 2.75) is 25.9 Å². The van der Waals surface area contributed by atoms with Crippen LogP contribution in [-0.4, -0.2) is 31.6 Å². The Morgan fingerprint density at radius 1 is 1.53 bits per heavy atom. The molecule has 0 spiro atoms. The second-order valence-electron chi connectivity index (χ2n) is 4.17. The highest BCUT2D eigenvalue weighted by Crippen LogP contribution is 2.18. The molecule has 0 radical (unpaired) electrons. The first-order valence-electron chi connectivity index (χ1n) is 5.29. The Hall–Kier alpha value is -0.580. The lowest BCUT2D eigenvalue weighted by Crippen LogP contribution is -2.29. The molecule has 86 valence electrons. The monoisotopic (exact) mass is 227 g/mol. The van der Waals surface area contributed by atoms with E-state index in [2.05, 4.69) is 31.2 Å². The summed E-state index contributed by atoms with van der Waals surface area (Å²) in [5.41, 5.74) is 6.72. The number of thiophene rings is 1. The average Bonchev–Trinajstić information content (AvgIpc) is 2.58. The summed E-state index contributed by atoms with van der Waals surface area (Å²) in [6, 6.07) is 2.50. The van der Waals surface area contributed by atoms with Crippen LogP contribution >= 0.6 is 11.3 Å². The van der Waals surface area contributed by atoms with Crippen molar-refractivity contribution in [3.8, 4) is 0 Å². The normalized spacial score (nSPS) is 13.3. The third kappa shape index (κ3) is 4.64. The van der Waals surface area contributed by atoms with E-state index in [1.54, 1.807) is 11.3 Å². The van der Waals surface area contributed by atoms with Crippen molar-refractivity contribution in [3.63, 3.8) is 0 Å². The molecule has 3 nitrogen and oxygen atoms in total. The van der Waals surface area contributed by atoms with E-state index >= 15 is 0 Å².